The summed E-state index contributed by atoms with van der Waals surface area (Å²) in [6, 6.07) is 15.7. The Hall–Kier alpha value is -2.73. The Balaban J connectivity index is 1.39. The third kappa shape index (κ3) is 3.28. The topological polar surface area (TPSA) is 57.4 Å². The normalized spacial score (nSPS) is 12.8. The van der Waals surface area contributed by atoms with E-state index >= 15 is 0 Å². The van der Waals surface area contributed by atoms with Gasteiger partial charge in [0, 0.05) is 11.3 Å². The number of benzene rings is 2. The first kappa shape index (κ1) is 14.8. The Bertz CT molecular complexity index is 862. The lowest BCUT2D eigenvalue weighted by Crippen LogP contribution is -1.92. The fraction of sp³-hybridized carbons (Fsp3) is 0.111. The molecule has 3 aromatic rings. The van der Waals surface area contributed by atoms with Gasteiger partial charge in [0.15, 0.2) is 11.5 Å². The summed E-state index contributed by atoms with van der Waals surface area (Å²) < 4.78 is 16.4. The van der Waals surface area contributed by atoms with Gasteiger partial charge in [0.05, 0.1) is 0 Å². The van der Waals surface area contributed by atoms with Crippen molar-refractivity contribution >= 4 is 17.8 Å². The van der Waals surface area contributed by atoms with E-state index in [0.29, 0.717) is 16.9 Å². The molecule has 0 saturated heterocycles. The minimum absolute atomic E-state index is 0.247. The van der Waals surface area contributed by atoms with Crippen LogP contribution in [0, 0.1) is 0 Å². The second-order valence-electron chi connectivity index (χ2n) is 5.07. The maximum atomic E-state index is 5.69. The standard InChI is InChI=1S/C18H14N2O3S/c1-2-5-13(6-3-1)7-4-10-24-18-20-19-17(23-18)14-8-9-15-16(11-14)22-12-21-15/h1-9,11H,10,12H2. The van der Waals surface area contributed by atoms with Crippen LogP contribution < -0.4 is 9.47 Å². The molecule has 2 aromatic carbocycles. The first-order valence-electron chi connectivity index (χ1n) is 7.46. The molecule has 24 heavy (non-hydrogen) atoms. The summed E-state index contributed by atoms with van der Waals surface area (Å²) in [6.07, 6.45) is 4.15. The zero-order valence-electron chi connectivity index (χ0n) is 12.7. The number of fused-ring (bicyclic) bond motifs is 1. The first-order valence-corrected chi connectivity index (χ1v) is 8.45. The van der Waals surface area contributed by atoms with Crippen LogP contribution in [0.5, 0.6) is 11.5 Å². The molecule has 0 amide bonds. The molecule has 0 bridgehead atoms. The maximum absolute atomic E-state index is 5.69. The van der Waals surface area contributed by atoms with Gasteiger partial charge < -0.3 is 13.9 Å². The van der Waals surface area contributed by atoms with E-state index < -0.39 is 0 Å². The molecule has 0 radical (unpaired) electrons. The van der Waals surface area contributed by atoms with Crippen molar-refractivity contribution in [3.8, 4) is 23.0 Å². The zero-order chi connectivity index (χ0) is 16.2. The van der Waals surface area contributed by atoms with E-state index in [-0.39, 0.29) is 6.79 Å². The highest BCUT2D eigenvalue weighted by Crippen LogP contribution is 2.35. The van der Waals surface area contributed by atoms with Gasteiger partial charge in [0.1, 0.15) is 0 Å². The van der Waals surface area contributed by atoms with E-state index in [1.54, 1.807) is 0 Å². The minimum atomic E-state index is 0.247. The number of nitrogens with zero attached hydrogens (tertiary/aromatic N) is 2. The number of hydrogen-bond donors (Lipinski definition) is 0. The van der Waals surface area contributed by atoms with Gasteiger partial charge in [0.25, 0.3) is 5.22 Å². The van der Waals surface area contributed by atoms with Crippen molar-refractivity contribution in [1.82, 2.24) is 10.2 Å². The summed E-state index contributed by atoms with van der Waals surface area (Å²) in [6.45, 7) is 0.247. The lowest BCUT2D eigenvalue weighted by atomic mass is 10.2. The predicted molar refractivity (Wildman–Crippen MR) is 92.1 cm³/mol. The Labute approximate surface area is 143 Å². The summed E-state index contributed by atoms with van der Waals surface area (Å²) in [4.78, 5) is 0. The van der Waals surface area contributed by atoms with Crippen LogP contribution in [0.25, 0.3) is 17.5 Å². The molecule has 2 heterocycles. The van der Waals surface area contributed by atoms with Crippen LogP contribution >= 0.6 is 11.8 Å². The van der Waals surface area contributed by atoms with Crippen LogP contribution in [0.15, 0.2) is 64.2 Å². The molecule has 120 valence electrons. The molecular weight excluding hydrogens is 324 g/mol. The monoisotopic (exact) mass is 338 g/mol. The number of hydrogen-bond acceptors (Lipinski definition) is 6. The van der Waals surface area contributed by atoms with Gasteiger partial charge in [-0.15, -0.1) is 10.2 Å². The molecule has 5 nitrogen and oxygen atoms in total. The molecule has 0 N–H and O–H groups in total. The van der Waals surface area contributed by atoms with E-state index in [4.69, 9.17) is 13.9 Å². The van der Waals surface area contributed by atoms with Crippen molar-refractivity contribution in [2.75, 3.05) is 12.5 Å². The largest absolute Gasteiger partial charge is 0.454 e. The molecule has 1 aliphatic heterocycles. The Morgan fingerprint density at radius 2 is 1.88 bits per heavy atom. The summed E-state index contributed by atoms with van der Waals surface area (Å²) in [5.41, 5.74) is 1.99. The first-order chi connectivity index (χ1) is 11.9. The van der Waals surface area contributed by atoms with Crippen LogP contribution in [0.2, 0.25) is 0 Å². The van der Waals surface area contributed by atoms with Gasteiger partial charge in [-0.05, 0) is 23.8 Å². The van der Waals surface area contributed by atoms with Crippen LogP contribution in [0.4, 0.5) is 0 Å². The van der Waals surface area contributed by atoms with Gasteiger partial charge in [0.2, 0.25) is 12.7 Å². The van der Waals surface area contributed by atoms with Crippen LogP contribution in [0.1, 0.15) is 5.56 Å². The van der Waals surface area contributed by atoms with Gasteiger partial charge in [-0.25, -0.2) is 0 Å². The average Bonchev–Trinajstić information content (AvgIpc) is 3.28. The van der Waals surface area contributed by atoms with Gasteiger partial charge in [-0.3, -0.25) is 0 Å². The van der Waals surface area contributed by atoms with Crippen LogP contribution in [0.3, 0.4) is 0 Å². The van der Waals surface area contributed by atoms with Crippen LogP contribution in [-0.2, 0) is 0 Å². The molecule has 0 unspecified atom stereocenters. The number of ether oxygens (including phenoxy) is 2. The second-order valence-corrected chi connectivity index (χ2v) is 6.04. The highest BCUT2D eigenvalue weighted by atomic mass is 32.2. The summed E-state index contributed by atoms with van der Waals surface area (Å²) in [7, 11) is 0. The van der Waals surface area contributed by atoms with E-state index in [9.17, 15) is 0 Å². The van der Waals surface area contributed by atoms with Crippen molar-refractivity contribution in [1.29, 1.82) is 0 Å². The van der Waals surface area contributed by atoms with E-state index in [0.717, 1.165) is 17.1 Å². The van der Waals surface area contributed by atoms with Gasteiger partial charge >= 0.3 is 0 Å². The molecular formula is C18H14N2O3S. The number of aromatic nitrogens is 2. The molecule has 0 fully saturated rings. The van der Waals surface area contributed by atoms with Crippen molar-refractivity contribution in [2.45, 2.75) is 5.22 Å². The number of thioether (sulfide) groups is 1. The van der Waals surface area contributed by atoms with Crippen molar-refractivity contribution in [3.63, 3.8) is 0 Å². The number of rotatable bonds is 5. The molecule has 1 aliphatic rings. The summed E-state index contributed by atoms with van der Waals surface area (Å²) in [5.74, 6) is 2.67. The van der Waals surface area contributed by atoms with Gasteiger partial charge in [-0.2, -0.15) is 0 Å². The Kier molecular flexibility index (Phi) is 4.20. The molecule has 6 heteroatoms. The van der Waals surface area contributed by atoms with E-state index in [1.165, 1.54) is 17.3 Å². The average molecular weight is 338 g/mol. The molecule has 0 saturated carbocycles. The maximum Gasteiger partial charge on any atom is 0.277 e. The smallest absolute Gasteiger partial charge is 0.277 e. The minimum Gasteiger partial charge on any atom is -0.454 e. The lowest BCUT2D eigenvalue weighted by Gasteiger charge is -1.97. The van der Waals surface area contributed by atoms with Crippen molar-refractivity contribution in [3.05, 3.63) is 60.2 Å². The Morgan fingerprint density at radius 3 is 2.79 bits per heavy atom. The lowest BCUT2D eigenvalue weighted by molar-refractivity contribution is 0.174. The van der Waals surface area contributed by atoms with E-state index in [1.807, 2.05) is 36.4 Å². The fourth-order valence-corrected chi connectivity index (χ4v) is 2.85. The zero-order valence-corrected chi connectivity index (χ0v) is 13.5. The molecule has 0 aliphatic carbocycles. The molecule has 0 spiro atoms. The predicted octanol–water partition coefficient (Wildman–Crippen LogP) is 4.27. The third-order valence-electron chi connectivity index (χ3n) is 3.44. The van der Waals surface area contributed by atoms with Crippen molar-refractivity contribution in [2.24, 2.45) is 0 Å². The van der Waals surface area contributed by atoms with E-state index in [2.05, 4.69) is 34.5 Å². The third-order valence-corrected chi connectivity index (χ3v) is 4.21. The highest BCUT2D eigenvalue weighted by Gasteiger charge is 2.16. The highest BCUT2D eigenvalue weighted by molar-refractivity contribution is 7.99. The SMILES string of the molecule is C(=Cc1ccccc1)CSc1nnc(-c2ccc3c(c2)OCO3)o1. The second kappa shape index (κ2) is 6.80. The Morgan fingerprint density at radius 1 is 1.00 bits per heavy atom. The molecule has 1 aromatic heterocycles. The molecule has 4 rings (SSSR count). The van der Waals surface area contributed by atoms with Gasteiger partial charge in [-0.1, -0.05) is 54.2 Å². The fourth-order valence-electron chi connectivity index (χ4n) is 2.28. The van der Waals surface area contributed by atoms with Crippen molar-refractivity contribution < 1.29 is 13.9 Å². The van der Waals surface area contributed by atoms with Crippen LogP contribution in [-0.4, -0.2) is 22.7 Å². The summed E-state index contributed by atoms with van der Waals surface area (Å²) >= 11 is 1.50. The quantitative estimate of drug-likeness (QED) is 0.648. The molecule has 0 atom stereocenters. The summed E-state index contributed by atoms with van der Waals surface area (Å²) in [5, 5.41) is 8.70.